The van der Waals surface area contributed by atoms with E-state index in [0.29, 0.717) is 5.69 Å². The minimum Gasteiger partial charge on any atom is -0.355 e. The summed E-state index contributed by atoms with van der Waals surface area (Å²) in [6, 6.07) is 11.1. The summed E-state index contributed by atoms with van der Waals surface area (Å²) in [4.78, 5) is 4.70. The molecule has 16 heavy (non-hydrogen) atoms. The maximum absolute atomic E-state index is 12.8. The standard InChI is InChI=1S/C12H11FN2S/c1-16-11-4-2-9(3-5-11)15-10-6-7-14-12(13)8-10/h2-8H,1H3,(H,14,15). The Morgan fingerprint density at radius 2 is 1.88 bits per heavy atom. The molecule has 2 aromatic rings. The molecule has 0 saturated carbocycles. The number of halogens is 1. The zero-order valence-electron chi connectivity index (χ0n) is 8.77. The fourth-order valence-corrected chi connectivity index (χ4v) is 1.73. The Bertz CT molecular complexity index is 471. The van der Waals surface area contributed by atoms with Crippen molar-refractivity contribution in [2.45, 2.75) is 4.90 Å². The number of rotatable bonds is 3. The number of hydrogen-bond acceptors (Lipinski definition) is 3. The van der Waals surface area contributed by atoms with Gasteiger partial charge in [0, 0.05) is 28.5 Å². The number of thioether (sulfide) groups is 1. The highest BCUT2D eigenvalue weighted by Crippen LogP contribution is 2.20. The monoisotopic (exact) mass is 234 g/mol. The van der Waals surface area contributed by atoms with Gasteiger partial charge in [-0.15, -0.1) is 11.8 Å². The van der Waals surface area contributed by atoms with Crippen molar-refractivity contribution in [2.75, 3.05) is 11.6 Å². The number of nitrogens with one attached hydrogen (secondary N) is 1. The van der Waals surface area contributed by atoms with Crippen molar-refractivity contribution in [3.8, 4) is 0 Å². The summed E-state index contributed by atoms with van der Waals surface area (Å²) < 4.78 is 12.8. The molecule has 82 valence electrons. The SMILES string of the molecule is CSc1ccc(Nc2ccnc(F)c2)cc1. The van der Waals surface area contributed by atoms with Crippen molar-refractivity contribution in [2.24, 2.45) is 0 Å². The summed E-state index contributed by atoms with van der Waals surface area (Å²) in [6.07, 6.45) is 3.47. The topological polar surface area (TPSA) is 24.9 Å². The average molecular weight is 234 g/mol. The summed E-state index contributed by atoms with van der Waals surface area (Å²) in [7, 11) is 0. The lowest BCUT2D eigenvalue weighted by atomic mass is 10.3. The van der Waals surface area contributed by atoms with E-state index in [1.165, 1.54) is 17.2 Å². The minimum absolute atomic E-state index is 0.481. The first kappa shape index (κ1) is 11.0. The molecule has 4 heteroatoms. The molecule has 0 radical (unpaired) electrons. The highest BCUT2D eigenvalue weighted by atomic mass is 32.2. The molecular formula is C12H11FN2S. The van der Waals surface area contributed by atoms with Crippen LogP contribution in [0, 0.1) is 5.95 Å². The van der Waals surface area contributed by atoms with Gasteiger partial charge in [-0.1, -0.05) is 0 Å². The molecule has 2 nitrogen and oxygen atoms in total. The Labute approximate surface area is 97.9 Å². The molecule has 0 aliphatic heterocycles. The Hall–Kier alpha value is -1.55. The van der Waals surface area contributed by atoms with Gasteiger partial charge in [0.1, 0.15) is 0 Å². The molecule has 0 bridgehead atoms. The Morgan fingerprint density at radius 3 is 2.50 bits per heavy atom. The van der Waals surface area contributed by atoms with E-state index in [-0.39, 0.29) is 0 Å². The second-order valence-corrected chi connectivity index (χ2v) is 4.10. The predicted molar refractivity (Wildman–Crippen MR) is 65.7 cm³/mol. The normalized spacial score (nSPS) is 10.1. The first-order valence-corrected chi connectivity index (χ1v) is 6.03. The molecular weight excluding hydrogens is 223 g/mol. The Kier molecular flexibility index (Phi) is 3.41. The third-order valence-corrected chi connectivity index (χ3v) is 2.85. The molecule has 0 saturated heterocycles. The fourth-order valence-electron chi connectivity index (χ4n) is 1.32. The molecule has 0 aliphatic rings. The molecule has 0 aliphatic carbocycles. The molecule has 1 heterocycles. The number of hydrogen-bond donors (Lipinski definition) is 1. The second-order valence-electron chi connectivity index (χ2n) is 3.22. The first-order chi connectivity index (χ1) is 7.78. The first-order valence-electron chi connectivity index (χ1n) is 4.80. The zero-order valence-corrected chi connectivity index (χ0v) is 9.59. The molecule has 1 aromatic heterocycles. The summed E-state index contributed by atoms with van der Waals surface area (Å²) in [6.45, 7) is 0. The van der Waals surface area contributed by atoms with E-state index in [4.69, 9.17) is 0 Å². The molecule has 1 N–H and O–H groups in total. The van der Waals surface area contributed by atoms with Crippen LogP contribution in [0.2, 0.25) is 0 Å². The second kappa shape index (κ2) is 4.99. The third kappa shape index (κ3) is 2.73. The van der Waals surface area contributed by atoms with Gasteiger partial charge in [-0.25, -0.2) is 4.98 Å². The zero-order chi connectivity index (χ0) is 11.4. The van der Waals surface area contributed by atoms with Crippen LogP contribution in [0.1, 0.15) is 0 Å². The lowest BCUT2D eigenvalue weighted by molar-refractivity contribution is 0.584. The summed E-state index contributed by atoms with van der Waals surface area (Å²) in [5.41, 5.74) is 1.63. The van der Waals surface area contributed by atoms with Gasteiger partial charge < -0.3 is 5.32 Å². The van der Waals surface area contributed by atoms with E-state index in [0.717, 1.165) is 5.69 Å². The average Bonchev–Trinajstić information content (AvgIpc) is 2.30. The van der Waals surface area contributed by atoms with Gasteiger partial charge in [-0.3, -0.25) is 0 Å². The number of pyridine rings is 1. The van der Waals surface area contributed by atoms with Crippen molar-refractivity contribution >= 4 is 23.1 Å². The van der Waals surface area contributed by atoms with Gasteiger partial charge in [0.25, 0.3) is 0 Å². The van der Waals surface area contributed by atoms with Crippen LogP contribution in [-0.2, 0) is 0 Å². The van der Waals surface area contributed by atoms with Gasteiger partial charge in [-0.05, 0) is 36.6 Å². The molecule has 1 aromatic carbocycles. The Balaban J connectivity index is 2.14. The van der Waals surface area contributed by atoms with Crippen LogP contribution in [0.5, 0.6) is 0 Å². The van der Waals surface area contributed by atoms with Gasteiger partial charge >= 0.3 is 0 Å². The van der Waals surface area contributed by atoms with E-state index < -0.39 is 5.95 Å². The number of anilines is 2. The van der Waals surface area contributed by atoms with Crippen molar-refractivity contribution in [1.82, 2.24) is 4.98 Å². The maximum atomic E-state index is 12.8. The van der Waals surface area contributed by atoms with Crippen molar-refractivity contribution in [3.05, 3.63) is 48.5 Å². The number of nitrogens with zero attached hydrogens (tertiary/aromatic N) is 1. The van der Waals surface area contributed by atoms with Gasteiger partial charge in [0.2, 0.25) is 5.95 Å². The highest BCUT2D eigenvalue weighted by molar-refractivity contribution is 7.98. The fraction of sp³-hybridized carbons (Fsp3) is 0.0833. The minimum atomic E-state index is -0.481. The third-order valence-electron chi connectivity index (χ3n) is 2.11. The van der Waals surface area contributed by atoms with E-state index in [9.17, 15) is 4.39 Å². The highest BCUT2D eigenvalue weighted by Gasteiger charge is 1.97. The van der Waals surface area contributed by atoms with Crippen LogP contribution in [0.4, 0.5) is 15.8 Å². The van der Waals surface area contributed by atoms with E-state index in [1.54, 1.807) is 17.8 Å². The summed E-state index contributed by atoms with van der Waals surface area (Å²) in [5, 5.41) is 3.11. The van der Waals surface area contributed by atoms with E-state index in [2.05, 4.69) is 10.3 Å². The van der Waals surface area contributed by atoms with Crippen molar-refractivity contribution in [1.29, 1.82) is 0 Å². The molecule has 0 unspecified atom stereocenters. The summed E-state index contributed by atoms with van der Waals surface area (Å²) >= 11 is 1.69. The van der Waals surface area contributed by atoms with Crippen molar-refractivity contribution in [3.63, 3.8) is 0 Å². The van der Waals surface area contributed by atoms with Gasteiger partial charge in [-0.2, -0.15) is 4.39 Å². The molecule has 2 rings (SSSR count). The predicted octanol–water partition coefficient (Wildman–Crippen LogP) is 3.69. The van der Waals surface area contributed by atoms with E-state index >= 15 is 0 Å². The Morgan fingerprint density at radius 1 is 1.12 bits per heavy atom. The quantitative estimate of drug-likeness (QED) is 0.647. The smallest absolute Gasteiger partial charge is 0.214 e. The lowest BCUT2D eigenvalue weighted by Crippen LogP contribution is -1.91. The number of aromatic nitrogens is 1. The van der Waals surface area contributed by atoms with Crippen LogP contribution in [0.25, 0.3) is 0 Å². The number of benzene rings is 1. The molecule has 0 spiro atoms. The largest absolute Gasteiger partial charge is 0.355 e. The molecule has 0 fully saturated rings. The molecule has 0 amide bonds. The van der Waals surface area contributed by atoms with Gasteiger partial charge in [0.15, 0.2) is 0 Å². The van der Waals surface area contributed by atoms with Crippen LogP contribution in [0.3, 0.4) is 0 Å². The van der Waals surface area contributed by atoms with Crippen LogP contribution >= 0.6 is 11.8 Å². The van der Waals surface area contributed by atoms with Crippen LogP contribution in [0.15, 0.2) is 47.5 Å². The lowest BCUT2D eigenvalue weighted by Gasteiger charge is -2.06. The summed E-state index contributed by atoms with van der Waals surface area (Å²) in [5.74, 6) is -0.481. The van der Waals surface area contributed by atoms with Crippen LogP contribution in [-0.4, -0.2) is 11.2 Å². The van der Waals surface area contributed by atoms with Crippen LogP contribution < -0.4 is 5.32 Å². The van der Waals surface area contributed by atoms with E-state index in [1.807, 2.05) is 30.5 Å². The molecule has 0 atom stereocenters. The van der Waals surface area contributed by atoms with Gasteiger partial charge in [0.05, 0.1) is 0 Å². The van der Waals surface area contributed by atoms with Crippen molar-refractivity contribution < 1.29 is 4.39 Å². The maximum Gasteiger partial charge on any atom is 0.214 e.